The largest absolute Gasteiger partial charge is 0.326 e. The Morgan fingerprint density at radius 2 is 1.41 bits per heavy atom. The number of para-hydroxylation sites is 1. The summed E-state index contributed by atoms with van der Waals surface area (Å²) in [5.41, 5.74) is 3.56. The summed E-state index contributed by atoms with van der Waals surface area (Å²) in [7, 11) is -3.85. The van der Waals surface area contributed by atoms with Crippen LogP contribution in [0, 0.1) is 0 Å². The molecule has 0 saturated heterocycles. The average Bonchev–Trinajstić information content (AvgIpc) is 3.43. The van der Waals surface area contributed by atoms with Gasteiger partial charge in [0.15, 0.2) is 5.13 Å². The number of sulfonamides is 1. The third-order valence-electron chi connectivity index (χ3n) is 7.05. The van der Waals surface area contributed by atoms with Crippen LogP contribution in [0.2, 0.25) is 0 Å². The number of hydrogen-bond donors (Lipinski definition) is 3. The second-order valence-electron chi connectivity index (χ2n) is 10.2. The fraction of sp³-hybridized carbons (Fsp3) is 0.182. The standard InChI is InChI=1S/C33H33N5O4S2/c1-24(39)35-27-16-18-28(19-17-27)44(41,42)34-21-23-38(33(40)37-32-36-30-14-8-9-15-31(30)43-32)22-20-29(25-10-4-2-5-11-25)26-12-6-3-7-13-26/h2-19,29,34H,20-23H2,1H3,(H,35,39)(H,36,37,40). The van der Waals surface area contributed by atoms with E-state index in [9.17, 15) is 18.0 Å². The Labute approximate surface area is 261 Å². The highest BCUT2D eigenvalue weighted by atomic mass is 32.2. The maximum atomic E-state index is 13.6. The topological polar surface area (TPSA) is 120 Å². The number of anilines is 2. The second-order valence-corrected chi connectivity index (χ2v) is 13.0. The molecule has 0 unspecified atom stereocenters. The van der Waals surface area contributed by atoms with Crippen LogP contribution in [0.1, 0.15) is 30.4 Å². The van der Waals surface area contributed by atoms with Gasteiger partial charge in [0.25, 0.3) is 0 Å². The van der Waals surface area contributed by atoms with Crippen molar-refractivity contribution in [2.75, 3.05) is 30.3 Å². The van der Waals surface area contributed by atoms with Crippen molar-refractivity contribution in [2.24, 2.45) is 0 Å². The predicted octanol–water partition coefficient (Wildman–Crippen LogP) is 6.29. The lowest BCUT2D eigenvalue weighted by Crippen LogP contribution is -2.41. The van der Waals surface area contributed by atoms with Crippen LogP contribution in [-0.4, -0.2) is 49.9 Å². The average molecular weight is 628 g/mol. The summed E-state index contributed by atoms with van der Waals surface area (Å²) in [5.74, 6) is -0.210. The number of amides is 3. The molecule has 0 saturated carbocycles. The Balaban J connectivity index is 1.32. The minimum absolute atomic E-state index is 0.00435. The highest BCUT2D eigenvalue weighted by molar-refractivity contribution is 7.89. The Hall–Kier alpha value is -4.58. The Morgan fingerprint density at radius 3 is 2.02 bits per heavy atom. The molecule has 1 heterocycles. The van der Waals surface area contributed by atoms with Crippen LogP contribution in [0.25, 0.3) is 10.2 Å². The quantitative estimate of drug-likeness (QED) is 0.150. The molecule has 11 heteroatoms. The van der Waals surface area contributed by atoms with E-state index in [-0.39, 0.29) is 35.8 Å². The number of carbonyl (C=O) groups is 2. The van der Waals surface area contributed by atoms with Gasteiger partial charge in [0.05, 0.1) is 15.1 Å². The van der Waals surface area contributed by atoms with E-state index < -0.39 is 10.0 Å². The van der Waals surface area contributed by atoms with Gasteiger partial charge in [-0.1, -0.05) is 84.1 Å². The molecular formula is C33H33N5O4S2. The van der Waals surface area contributed by atoms with Gasteiger partial charge in [0, 0.05) is 38.2 Å². The Kier molecular flexibility index (Phi) is 10.0. The van der Waals surface area contributed by atoms with E-state index >= 15 is 0 Å². The molecule has 44 heavy (non-hydrogen) atoms. The molecule has 0 aliphatic carbocycles. The van der Waals surface area contributed by atoms with Crippen molar-refractivity contribution < 1.29 is 18.0 Å². The van der Waals surface area contributed by atoms with E-state index in [1.165, 1.54) is 42.5 Å². The van der Waals surface area contributed by atoms with E-state index in [4.69, 9.17) is 0 Å². The number of benzene rings is 4. The molecular weight excluding hydrogens is 595 g/mol. The van der Waals surface area contributed by atoms with Crippen LogP contribution in [0.5, 0.6) is 0 Å². The number of thiazole rings is 1. The lowest BCUT2D eigenvalue weighted by atomic mass is 9.88. The second kappa shape index (κ2) is 14.3. The predicted molar refractivity (Wildman–Crippen MR) is 175 cm³/mol. The van der Waals surface area contributed by atoms with E-state index in [0.29, 0.717) is 23.8 Å². The molecule has 0 radical (unpaired) electrons. The van der Waals surface area contributed by atoms with Crippen LogP contribution in [0.3, 0.4) is 0 Å². The summed E-state index contributed by atoms with van der Waals surface area (Å²) < 4.78 is 29.6. The normalized spacial score (nSPS) is 11.4. The minimum Gasteiger partial charge on any atom is -0.326 e. The first-order valence-electron chi connectivity index (χ1n) is 14.2. The van der Waals surface area contributed by atoms with Crippen LogP contribution >= 0.6 is 11.3 Å². The van der Waals surface area contributed by atoms with Gasteiger partial charge in [-0.2, -0.15) is 0 Å². The van der Waals surface area contributed by atoms with Crippen molar-refractivity contribution in [1.29, 1.82) is 0 Å². The first kappa shape index (κ1) is 30.9. The van der Waals surface area contributed by atoms with Crippen molar-refractivity contribution in [2.45, 2.75) is 24.2 Å². The van der Waals surface area contributed by atoms with Crippen LogP contribution in [0.15, 0.2) is 114 Å². The van der Waals surface area contributed by atoms with Crippen LogP contribution in [0.4, 0.5) is 15.6 Å². The molecule has 0 spiro atoms. The number of nitrogens with one attached hydrogen (secondary N) is 3. The van der Waals surface area contributed by atoms with Crippen LogP contribution < -0.4 is 15.4 Å². The van der Waals surface area contributed by atoms with E-state index in [1.807, 2.05) is 60.7 Å². The van der Waals surface area contributed by atoms with Crippen molar-refractivity contribution in [3.63, 3.8) is 0 Å². The highest BCUT2D eigenvalue weighted by Crippen LogP contribution is 2.29. The Morgan fingerprint density at radius 1 is 0.795 bits per heavy atom. The lowest BCUT2D eigenvalue weighted by molar-refractivity contribution is -0.114. The van der Waals surface area contributed by atoms with Crippen molar-refractivity contribution in [3.05, 3.63) is 120 Å². The highest BCUT2D eigenvalue weighted by Gasteiger charge is 2.21. The zero-order valence-electron chi connectivity index (χ0n) is 24.1. The molecule has 9 nitrogen and oxygen atoms in total. The molecule has 226 valence electrons. The van der Waals surface area contributed by atoms with Gasteiger partial charge in [0.1, 0.15) is 0 Å². The van der Waals surface area contributed by atoms with Gasteiger partial charge >= 0.3 is 6.03 Å². The van der Waals surface area contributed by atoms with Gasteiger partial charge in [-0.15, -0.1) is 0 Å². The molecule has 0 fully saturated rings. The fourth-order valence-corrected chi connectivity index (χ4v) is 6.79. The molecule has 0 aliphatic rings. The van der Waals surface area contributed by atoms with Gasteiger partial charge < -0.3 is 10.2 Å². The summed E-state index contributed by atoms with van der Waals surface area (Å²) in [6, 6.07) is 33.5. The smallest absolute Gasteiger partial charge is 0.323 e. The van der Waals surface area contributed by atoms with E-state index in [1.54, 1.807) is 4.90 Å². The monoisotopic (exact) mass is 627 g/mol. The molecule has 3 amide bonds. The third-order valence-corrected chi connectivity index (χ3v) is 9.47. The Bertz CT molecular complexity index is 1740. The molecule has 5 aromatic rings. The number of fused-ring (bicyclic) bond motifs is 1. The lowest BCUT2D eigenvalue weighted by Gasteiger charge is -2.26. The van der Waals surface area contributed by atoms with Crippen LogP contribution in [-0.2, 0) is 14.8 Å². The summed E-state index contributed by atoms with van der Waals surface area (Å²) in [5, 5.41) is 6.01. The zero-order valence-corrected chi connectivity index (χ0v) is 25.8. The summed E-state index contributed by atoms with van der Waals surface area (Å²) in [6.45, 7) is 1.89. The maximum Gasteiger partial charge on any atom is 0.323 e. The number of nitrogens with zero attached hydrogens (tertiary/aromatic N) is 2. The zero-order chi connectivity index (χ0) is 30.9. The van der Waals surface area contributed by atoms with Gasteiger partial charge in [-0.3, -0.25) is 10.1 Å². The summed E-state index contributed by atoms with van der Waals surface area (Å²) in [6.07, 6.45) is 0.624. The number of rotatable bonds is 12. The molecule has 3 N–H and O–H groups in total. The van der Waals surface area contributed by atoms with Crippen molar-refractivity contribution in [3.8, 4) is 0 Å². The van der Waals surface area contributed by atoms with Crippen molar-refractivity contribution >= 4 is 54.3 Å². The summed E-state index contributed by atoms with van der Waals surface area (Å²) in [4.78, 5) is 31.1. The molecule has 5 rings (SSSR count). The first-order chi connectivity index (χ1) is 21.3. The first-order valence-corrected chi connectivity index (χ1v) is 16.5. The summed E-state index contributed by atoms with van der Waals surface area (Å²) >= 11 is 1.38. The van der Waals surface area contributed by atoms with Gasteiger partial charge in [-0.25, -0.2) is 22.9 Å². The number of aromatic nitrogens is 1. The minimum atomic E-state index is -3.85. The molecule has 0 bridgehead atoms. The SMILES string of the molecule is CC(=O)Nc1ccc(S(=O)(=O)NCCN(CCC(c2ccccc2)c2ccccc2)C(=O)Nc2nc3ccccc3s2)cc1. The molecule has 4 aromatic carbocycles. The van der Waals surface area contributed by atoms with E-state index in [2.05, 4.69) is 44.6 Å². The third kappa shape index (κ3) is 8.07. The molecule has 0 atom stereocenters. The maximum absolute atomic E-state index is 13.6. The number of carbonyl (C=O) groups excluding carboxylic acids is 2. The molecule has 0 aliphatic heterocycles. The van der Waals surface area contributed by atoms with E-state index in [0.717, 1.165) is 21.3 Å². The van der Waals surface area contributed by atoms with Crippen molar-refractivity contribution in [1.82, 2.24) is 14.6 Å². The van der Waals surface area contributed by atoms with Gasteiger partial charge in [-0.05, 0) is 53.9 Å². The molecule has 1 aromatic heterocycles. The fourth-order valence-electron chi connectivity index (χ4n) is 4.91. The van der Waals surface area contributed by atoms with Gasteiger partial charge in [0.2, 0.25) is 15.9 Å². The number of hydrogen-bond acceptors (Lipinski definition) is 6. The number of urea groups is 1.